The van der Waals surface area contributed by atoms with Crippen molar-refractivity contribution in [1.29, 1.82) is 0 Å². The summed E-state index contributed by atoms with van der Waals surface area (Å²) in [5, 5.41) is 7.64. The Labute approximate surface area is 111 Å². The summed E-state index contributed by atoms with van der Waals surface area (Å²) in [4.78, 5) is 8.52. The Morgan fingerprint density at radius 1 is 1.44 bits per heavy atom. The maximum absolute atomic E-state index is 5.13. The van der Waals surface area contributed by atoms with Crippen molar-refractivity contribution in [3.8, 4) is 5.88 Å². The van der Waals surface area contributed by atoms with Gasteiger partial charge in [0.15, 0.2) is 0 Å². The molecule has 0 saturated carbocycles. The summed E-state index contributed by atoms with van der Waals surface area (Å²) in [5.41, 5.74) is 1.35. The minimum atomic E-state index is 0.318. The molecule has 0 aliphatic heterocycles. The molecule has 1 unspecified atom stereocenters. The van der Waals surface area contributed by atoms with E-state index >= 15 is 0 Å². The molecule has 0 saturated heterocycles. The standard InChI is InChI=1S/C13H17N3OS/c1-9(6-11-4-5-18-8-11)14-12-7-13(17-3)16-10(2)15-12/h4-5,7-9H,6H2,1-3H3,(H,14,15,16). The predicted octanol–water partition coefficient (Wildman–Crippen LogP) is 2.90. The highest BCUT2D eigenvalue weighted by atomic mass is 32.1. The first-order valence-electron chi connectivity index (χ1n) is 5.84. The summed E-state index contributed by atoms with van der Waals surface area (Å²) in [6.07, 6.45) is 0.981. The van der Waals surface area contributed by atoms with Crippen molar-refractivity contribution in [1.82, 2.24) is 9.97 Å². The van der Waals surface area contributed by atoms with Crippen LogP contribution in [0, 0.1) is 6.92 Å². The summed E-state index contributed by atoms with van der Waals surface area (Å²) in [5.74, 6) is 2.11. The number of nitrogens with zero attached hydrogens (tertiary/aromatic N) is 2. The molecule has 0 amide bonds. The number of rotatable bonds is 5. The van der Waals surface area contributed by atoms with Gasteiger partial charge in [0.25, 0.3) is 0 Å². The van der Waals surface area contributed by atoms with Crippen LogP contribution in [0.5, 0.6) is 5.88 Å². The number of hydrogen-bond acceptors (Lipinski definition) is 5. The highest BCUT2D eigenvalue weighted by Crippen LogP contribution is 2.15. The lowest BCUT2D eigenvalue weighted by atomic mass is 10.1. The van der Waals surface area contributed by atoms with Gasteiger partial charge in [-0.25, -0.2) is 4.98 Å². The van der Waals surface area contributed by atoms with Crippen LogP contribution in [-0.4, -0.2) is 23.1 Å². The minimum Gasteiger partial charge on any atom is -0.481 e. The van der Waals surface area contributed by atoms with Crippen LogP contribution in [0.4, 0.5) is 5.82 Å². The topological polar surface area (TPSA) is 47.0 Å². The number of methoxy groups -OCH3 is 1. The van der Waals surface area contributed by atoms with Gasteiger partial charge in [-0.05, 0) is 42.7 Å². The molecule has 5 heteroatoms. The molecule has 1 N–H and O–H groups in total. The molecule has 4 nitrogen and oxygen atoms in total. The van der Waals surface area contributed by atoms with Gasteiger partial charge in [0.05, 0.1) is 7.11 Å². The molecule has 2 aromatic heterocycles. The zero-order chi connectivity index (χ0) is 13.0. The minimum absolute atomic E-state index is 0.318. The summed E-state index contributed by atoms with van der Waals surface area (Å²) < 4.78 is 5.13. The van der Waals surface area contributed by atoms with Gasteiger partial charge in [0.2, 0.25) is 5.88 Å². The Bertz CT molecular complexity index is 499. The molecule has 96 valence electrons. The van der Waals surface area contributed by atoms with Crippen molar-refractivity contribution in [3.63, 3.8) is 0 Å². The Hall–Kier alpha value is -1.62. The Balaban J connectivity index is 2.02. The van der Waals surface area contributed by atoms with E-state index in [1.807, 2.05) is 13.0 Å². The van der Waals surface area contributed by atoms with E-state index in [1.54, 1.807) is 18.4 Å². The van der Waals surface area contributed by atoms with Crippen LogP contribution >= 0.6 is 11.3 Å². The monoisotopic (exact) mass is 263 g/mol. The average Bonchev–Trinajstić information content (AvgIpc) is 2.80. The predicted molar refractivity (Wildman–Crippen MR) is 74.4 cm³/mol. The quantitative estimate of drug-likeness (QED) is 0.901. The maximum Gasteiger partial charge on any atom is 0.218 e. The second-order valence-electron chi connectivity index (χ2n) is 4.22. The van der Waals surface area contributed by atoms with E-state index in [2.05, 4.69) is 39.0 Å². The largest absolute Gasteiger partial charge is 0.481 e. The van der Waals surface area contributed by atoms with Crippen molar-refractivity contribution < 1.29 is 4.74 Å². The zero-order valence-electron chi connectivity index (χ0n) is 10.8. The van der Waals surface area contributed by atoms with Crippen molar-refractivity contribution in [2.45, 2.75) is 26.3 Å². The number of anilines is 1. The fourth-order valence-electron chi connectivity index (χ4n) is 1.78. The van der Waals surface area contributed by atoms with Crippen LogP contribution in [0.15, 0.2) is 22.9 Å². The smallest absolute Gasteiger partial charge is 0.218 e. The van der Waals surface area contributed by atoms with E-state index in [4.69, 9.17) is 4.74 Å². The number of hydrogen-bond donors (Lipinski definition) is 1. The molecule has 0 fully saturated rings. The second-order valence-corrected chi connectivity index (χ2v) is 5.00. The van der Waals surface area contributed by atoms with E-state index in [9.17, 15) is 0 Å². The Morgan fingerprint density at radius 2 is 2.28 bits per heavy atom. The van der Waals surface area contributed by atoms with E-state index in [-0.39, 0.29) is 0 Å². The first-order chi connectivity index (χ1) is 8.67. The molecule has 2 rings (SSSR count). The van der Waals surface area contributed by atoms with E-state index in [0.29, 0.717) is 17.7 Å². The van der Waals surface area contributed by atoms with Gasteiger partial charge in [-0.2, -0.15) is 16.3 Å². The van der Waals surface area contributed by atoms with Gasteiger partial charge in [-0.15, -0.1) is 0 Å². The zero-order valence-corrected chi connectivity index (χ0v) is 11.6. The van der Waals surface area contributed by atoms with Crippen LogP contribution in [0.25, 0.3) is 0 Å². The third-order valence-electron chi connectivity index (χ3n) is 2.54. The lowest BCUT2D eigenvalue weighted by Crippen LogP contribution is -2.19. The number of aryl methyl sites for hydroxylation is 1. The van der Waals surface area contributed by atoms with Crippen molar-refractivity contribution >= 4 is 17.2 Å². The average molecular weight is 263 g/mol. The molecule has 0 aromatic carbocycles. The number of ether oxygens (including phenoxy) is 1. The Kier molecular flexibility index (Phi) is 4.15. The number of nitrogens with one attached hydrogen (secondary N) is 1. The maximum atomic E-state index is 5.13. The van der Waals surface area contributed by atoms with Gasteiger partial charge in [0.1, 0.15) is 11.6 Å². The lowest BCUT2D eigenvalue weighted by Gasteiger charge is -2.14. The summed E-state index contributed by atoms with van der Waals surface area (Å²) in [7, 11) is 1.61. The Morgan fingerprint density at radius 3 is 2.94 bits per heavy atom. The summed E-state index contributed by atoms with van der Waals surface area (Å²) in [6.45, 7) is 4.00. The summed E-state index contributed by atoms with van der Waals surface area (Å²) in [6, 6.07) is 4.28. The highest BCUT2D eigenvalue weighted by molar-refractivity contribution is 7.07. The molecule has 0 radical (unpaired) electrons. The lowest BCUT2D eigenvalue weighted by molar-refractivity contribution is 0.396. The van der Waals surface area contributed by atoms with E-state index in [0.717, 1.165) is 12.2 Å². The normalized spacial score (nSPS) is 12.2. The van der Waals surface area contributed by atoms with Gasteiger partial charge in [0, 0.05) is 12.1 Å². The highest BCUT2D eigenvalue weighted by Gasteiger charge is 2.07. The summed E-state index contributed by atoms with van der Waals surface area (Å²) >= 11 is 1.72. The molecule has 1 atom stereocenters. The van der Waals surface area contributed by atoms with Crippen LogP contribution in [0.1, 0.15) is 18.3 Å². The molecule has 0 aliphatic rings. The molecule has 2 aromatic rings. The molecular formula is C13H17N3OS. The molecule has 2 heterocycles. The van der Waals surface area contributed by atoms with E-state index < -0.39 is 0 Å². The second kappa shape index (κ2) is 5.82. The van der Waals surface area contributed by atoms with Crippen molar-refractivity contribution in [2.24, 2.45) is 0 Å². The molecule has 0 spiro atoms. The number of thiophene rings is 1. The van der Waals surface area contributed by atoms with E-state index in [1.165, 1.54) is 5.56 Å². The van der Waals surface area contributed by atoms with Gasteiger partial charge >= 0.3 is 0 Å². The third-order valence-corrected chi connectivity index (χ3v) is 3.27. The van der Waals surface area contributed by atoms with Crippen LogP contribution < -0.4 is 10.1 Å². The van der Waals surface area contributed by atoms with Crippen molar-refractivity contribution in [2.75, 3.05) is 12.4 Å². The van der Waals surface area contributed by atoms with Crippen LogP contribution in [0.3, 0.4) is 0 Å². The first-order valence-corrected chi connectivity index (χ1v) is 6.79. The van der Waals surface area contributed by atoms with Gasteiger partial charge < -0.3 is 10.1 Å². The van der Waals surface area contributed by atoms with Crippen LogP contribution in [0.2, 0.25) is 0 Å². The molecular weight excluding hydrogens is 246 g/mol. The third kappa shape index (κ3) is 3.43. The van der Waals surface area contributed by atoms with Crippen molar-refractivity contribution in [3.05, 3.63) is 34.3 Å². The van der Waals surface area contributed by atoms with Gasteiger partial charge in [-0.1, -0.05) is 0 Å². The molecule has 18 heavy (non-hydrogen) atoms. The fourth-order valence-corrected chi connectivity index (χ4v) is 2.47. The molecule has 0 bridgehead atoms. The van der Waals surface area contributed by atoms with Crippen LogP contribution in [-0.2, 0) is 6.42 Å². The van der Waals surface area contributed by atoms with Gasteiger partial charge in [-0.3, -0.25) is 0 Å². The molecule has 0 aliphatic carbocycles. The number of aromatic nitrogens is 2. The SMILES string of the molecule is COc1cc(NC(C)Cc2ccsc2)nc(C)n1. The fraction of sp³-hybridized carbons (Fsp3) is 0.385. The first kappa shape index (κ1) is 12.8.